The van der Waals surface area contributed by atoms with E-state index in [2.05, 4.69) is 30.5 Å². The van der Waals surface area contributed by atoms with Crippen LogP contribution in [0.2, 0.25) is 0 Å². The zero-order valence-corrected chi connectivity index (χ0v) is 10.6. The van der Waals surface area contributed by atoms with Crippen molar-refractivity contribution in [3.63, 3.8) is 0 Å². The van der Waals surface area contributed by atoms with Gasteiger partial charge in [-0.2, -0.15) is 5.26 Å². The minimum absolute atomic E-state index is 0.223. The molecular weight excluding hydrogens is 232 g/mol. The summed E-state index contributed by atoms with van der Waals surface area (Å²) >= 11 is 1.53. The lowest BCUT2D eigenvalue weighted by Crippen LogP contribution is -2.28. The van der Waals surface area contributed by atoms with Crippen LogP contribution in [0.1, 0.15) is 29.1 Å². The fraction of sp³-hybridized carbons (Fsp3) is 0.462. The Bertz CT molecular complexity index is 447. The number of aliphatic hydroxyl groups is 1. The quantitative estimate of drug-likeness (QED) is 0.803. The molecule has 1 aromatic rings. The van der Waals surface area contributed by atoms with Crippen molar-refractivity contribution in [1.29, 1.82) is 5.26 Å². The molecule has 0 spiro atoms. The lowest BCUT2D eigenvalue weighted by atomic mass is 10.1. The molecule has 4 heteroatoms. The van der Waals surface area contributed by atoms with Crippen molar-refractivity contribution < 1.29 is 5.11 Å². The molecule has 0 radical (unpaired) electrons. The number of nitrogens with zero attached hydrogens (tertiary/aromatic N) is 1. The lowest BCUT2D eigenvalue weighted by molar-refractivity contribution is 0.245. The molecule has 0 saturated heterocycles. The molecule has 1 aliphatic rings. The van der Waals surface area contributed by atoms with Crippen LogP contribution < -0.4 is 5.32 Å². The van der Waals surface area contributed by atoms with Crippen molar-refractivity contribution in [1.82, 2.24) is 5.32 Å². The lowest BCUT2D eigenvalue weighted by Gasteiger charge is -2.18. The highest BCUT2D eigenvalue weighted by Gasteiger charge is 2.20. The van der Waals surface area contributed by atoms with Gasteiger partial charge < -0.3 is 10.4 Å². The monoisotopic (exact) mass is 248 g/mol. The molecule has 1 heterocycles. The smallest absolute Gasteiger partial charge is 0.110 e. The molecule has 17 heavy (non-hydrogen) atoms. The maximum absolute atomic E-state index is 9.06. The highest BCUT2D eigenvalue weighted by molar-refractivity contribution is 7.12. The number of hydrogen-bond donors (Lipinski definition) is 2. The molecule has 0 fully saturated rings. The van der Waals surface area contributed by atoms with E-state index in [1.807, 2.05) is 12.1 Å². The van der Waals surface area contributed by atoms with E-state index in [1.54, 1.807) is 0 Å². The van der Waals surface area contributed by atoms with Crippen molar-refractivity contribution in [2.45, 2.75) is 25.4 Å². The van der Waals surface area contributed by atoms with Crippen LogP contribution in [0.25, 0.3) is 0 Å². The van der Waals surface area contributed by atoms with Gasteiger partial charge in [-0.25, -0.2) is 0 Å². The molecule has 1 aromatic heterocycles. The van der Waals surface area contributed by atoms with E-state index in [4.69, 9.17) is 10.4 Å². The van der Waals surface area contributed by atoms with Crippen LogP contribution in [0.15, 0.2) is 24.3 Å². The maximum atomic E-state index is 9.06. The van der Waals surface area contributed by atoms with Gasteiger partial charge in [0, 0.05) is 29.5 Å². The SMILES string of the molecule is C[C@@H](N[C@@H]1C=C[C@H](CO)C1)c1ccc(C#N)s1. The first-order chi connectivity index (χ1) is 8.22. The first kappa shape index (κ1) is 12.3. The Morgan fingerprint density at radius 3 is 3.00 bits per heavy atom. The van der Waals surface area contributed by atoms with Gasteiger partial charge in [0.05, 0.1) is 0 Å². The average Bonchev–Trinajstić information content (AvgIpc) is 2.96. The average molecular weight is 248 g/mol. The van der Waals surface area contributed by atoms with E-state index in [-0.39, 0.29) is 18.6 Å². The third-order valence-corrected chi connectivity index (χ3v) is 4.21. The fourth-order valence-electron chi connectivity index (χ4n) is 2.08. The number of rotatable bonds is 4. The van der Waals surface area contributed by atoms with Gasteiger partial charge in [-0.05, 0) is 25.5 Å². The van der Waals surface area contributed by atoms with Crippen molar-refractivity contribution in [2.24, 2.45) is 5.92 Å². The molecule has 0 amide bonds. The van der Waals surface area contributed by atoms with E-state index in [0.29, 0.717) is 6.04 Å². The molecular formula is C13H16N2OS. The van der Waals surface area contributed by atoms with E-state index in [1.165, 1.54) is 16.2 Å². The van der Waals surface area contributed by atoms with Gasteiger partial charge in [-0.15, -0.1) is 11.3 Å². The molecule has 0 aromatic carbocycles. The second-order valence-electron chi connectivity index (χ2n) is 4.37. The second kappa shape index (κ2) is 5.46. The Morgan fingerprint density at radius 1 is 1.59 bits per heavy atom. The van der Waals surface area contributed by atoms with Crippen molar-refractivity contribution >= 4 is 11.3 Å². The molecule has 3 atom stereocenters. The normalized spacial score (nSPS) is 24.8. The first-order valence-electron chi connectivity index (χ1n) is 5.78. The Hall–Kier alpha value is -1.15. The fourth-order valence-corrected chi connectivity index (χ4v) is 2.90. The van der Waals surface area contributed by atoms with E-state index >= 15 is 0 Å². The molecule has 2 rings (SSSR count). The van der Waals surface area contributed by atoms with Crippen LogP contribution in [0.3, 0.4) is 0 Å². The van der Waals surface area contributed by atoms with Crippen LogP contribution in [0.5, 0.6) is 0 Å². The molecule has 0 aliphatic heterocycles. The number of nitrogens with one attached hydrogen (secondary N) is 1. The third-order valence-electron chi connectivity index (χ3n) is 3.03. The summed E-state index contributed by atoms with van der Waals surface area (Å²) in [4.78, 5) is 1.94. The zero-order valence-electron chi connectivity index (χ0n) is 9.76. The zero-order chi connectivity index (χ0) is 12.3. The van der Waals surface area contributed by atoms with E-state index in [9.17, 15) is 0 Å². The van der Waals surface area contributed by atoms with Gasteiger partial charge in [-0.3, -0.25) is 0 Å². The van der Waals surface area contributed by atoms with Gasteiger partial charge in [0.15, 0.2) is 0 Å². The van der Waals surface area contributed by atoms with Crippen LogP contribution in [-0.4, -0.2) is 17.8 Å². The second-order valence-corrected chi connectivity index (χ2v) is 5.49. The van der Waals surface area contributed by atoms with Crippen LogP contribution in [0.4, 0.5) is 0 Å². The minimum Gasteiger partial charge on any atom is -0.396 e. The number of thiophene rings is 1. The number of aliphatic hydroxyl groups excluding tert-OH is 1. The largest absolute Gasteiger partial charge is 0.396 e. The highest BCUT2D eigenvalue weighted by atomic mass is 32.1. The van der Waals surface area contributed by atoms with Crippen molar-refractivity contribution in [3.8, 4) is 6.07 Å². The van der Waals surface area contributed by atoms with E-state index in [0.717, 1.165) is 11.3 Å². The molecule has 0 saturated carbocycles. The molecule has 1 aliphatic carbocycles. The van der Waals surface area contributed by atoms with E-state index < -0.39 is 0 Å². The summed E-state index contributed by atoms with van der Waals surface area (Å²) < 4.78 is 0. The summed E-state index contributed by atoms with van der Waals surface area (Å²) in [5.41, 5.74) is 0. The summed E-state index contributed by atoms with van der Waals surface area (Å²) in [5.74, 6) is 0.290. The van der Waals surface area contributed by atoms with Crippen LogP contribution in [-0.2, 0) is 0 Å². The van der Waals surface area contributed by atoms with Crippen molar-refractivity contribution in [2.75, 3.05) is 6.61 Å². The summed E-state index contributed by atoms with van der Waals surface area (Å²) in [6.07, 6.45) is 5.15. The Labute approximate surface area is 105 Å². The molecule has 0 unspecified atom stereocenters. The Morgan fingerprint density at radius 2 is 2.41 bits per heavy atom. The summed E-state index contributed by atoms with van der Waals surface area (Å²) in [7, 11) is 0. The standard InChI is InChI=1S/C13H16N2OS/c1-9(13-5-4-12(7-14)17-13)15-11-3-2-10(6-11)8-16/h2-5,9-11,15-16H,6,8H2,1H3/t9-,10+,11-/m1/s1. The Kier molecular flexibility index (Phi) is 3.95. The van der Waals surface area contributed by atoms with Gasteiger partial charge in [0.25, 0.3) is 0 Å². The highest BCUT2D eigenvalue weighted by Crippen LogP contribution is 2.25. The number of nitriles is 1. The summed E-state index contributed by atoms with van der Waals surface area (Å²) in [6, 6.07) is 6.59. The van der Waals surface area contributed by atoms with Gasteiger partial charge >= 0.3 is 0 Å². The predicted octanol–water partition coefficient (Wildman–Crippen LogP) is 2.21. The summed E-state index contributed by atoms with van der Waals surface area (Å²) in [6.45, 7) is 2.33. The van der Waals surface area contributed by atoms with Crippen LogP contribution >= 0.6 is 11.3 Å². The first-order valence-corrected chi connectivity index (χ1v) is 6.59. The maximum Gasteiger partial charge on any atom is 0.110 e. The van der Waals surface area contributed by atoms with Gasteiger partial charge in [0.1, 0.15) is 10.9 Å². The predicted molar refractivity (Wildman–Crippen MR) is 68.7 cm³/mol. The molecule has 0 bridgehead atoms. The van der Waals surface area contributed by atoms with Crippen LogP contribution in [0, 0.1) is 17.2 Å². The molecule has 2 N–H and O–H groups in total. The van der Waals surface area contributed by atoms with Gasteiger partial charge in [-0.1, -0.05) is 12.2 Å². The van der Waals surface area contributed by atoms with Gasteiger partial charge in [0.2, 0.25) is 0 Å². The Balaban J connectivity index is 1.92. The molecule has 3 nitrogen and oxygen atoms in total. The molecule has 90 valence electrons. The topological polar surface area (TPSA) is 56.0 Å². The number of hydrogen-bond acceptors (Lipinski definition) is 4. The van der Waals surface area contributed by atoms with Crippen molar-refractivity contribution in [3.05, 3.63) is 34.0 Å². The third kappa shape index (κ3) is 2.95. The summed E-state index contributed by atoms with van der Waals surface area (Å²) in [5, 5.41) is 21.3. The minimum atomic E-state index is 0.223.